The lowest BCUT2D eigenvalue weighted by Gasteiger charge is -2.15. The van der Waals surface area contributed by atoms with Gasteiger partial charge in [-0.2, -0.15) is 0 Å². The first-order valence-electron chi connectivity index (χ1n) is 4.37. The van der Waals surface area contributed by atoms with E-state index >= 15 is 0 Å². The minimum absolute atomic E-state index is 0.233. The molecular formula is C9H19ClO. The number of ether oxygens (including phenoxy) is 1. The Bertz CT molecular complexity index is 83.6. The maximum Gasteiger partial charge on any atom is 0.0585 e. The molecule has 2 atom stereocenters. The molecule has 0 amide bonds. The third kappa shape index (κ3) is 6.64. The van der Waals surface area contributed by atoms with Gasteiger partial charge in [0.1, 0.15) is 0 Å². The predicted molar refractivity (Wildman–Crippen MR) is 50.3 cm³/mol. The number of halogens is 1. The maximum atomic E-state index is 5.85. The summed E-state index contributed by atoms with van der Waals surface area (Å²) in [7, 11) is 1.76. The van der Waals surface area contributed by atoms with Crippen LogP contribution in [0.1, 0.15) is 39.5 Å². The van der Waals surface area contributed by atoms with Crippen LogP contribution in [0.15, 0.2) is 0 Å². The summed E-state index contributed by atoms with van der Waals surface area (Å²) in [5.74, 6) is 0. The molecule has 0 heterocycles. The van der Waals surface area contributed by atoms with Crippen molar-refractivity contribution < 1.29 is 4.74 Å². The first kappa shape index (κ1) is 11.2. The summed E-state index contributed by atoms with van der Waals surface area (Å²) in [4.78, 5) is 0. The fourth-order valence-electron chi connectivity index (χ4n) is 1.13. The zero-order valence-corrected chi connectivity index (χ0v) is 8.53. The van der Waals surface area contributed by atoms with Crippen molar-refractivity contribution >= 4 is 11.6 Å². The molecule has 0 rings (SSSR count). The van der Waals surface area contributed by atoms with Gasteiger partial charge in [-0.25, -0.2) is 0 Å². The van der Waals surface area contributed by atoms with Crippen LogP contribution in [0.2, 0.25) is 0 Å². The number of alkyl halides is 1. The van der Waals surface area contributed by atoms with Crippen molar-refractivity contribution in [3.05, 3.63) is 0 Å². The summed E-state index contributed by atoms with van der Waals surface area (Å²) in [5.41, 5.74) is 0. The van der Waals surface area contributed by atoms with E-state index in [2.05, 4.69) is 6.92 Å². The van der Waals surface area contributed by atoms with Crippen LogP contribution in [-0.4, -0.2) is 18.6 Å². The highest BCUT2D eigenvalue weighted by molar-refractivity contribution is 6.20. The summed E-state index contributed by atoms with van der Waals surface area (Å²) >= 11 is 5.85. The third-order valence-electron chi connectivity index (χ3n) is 1.80. The Kier molecular flexibility index (Phi) is 7.09. The fourth-order valence-corrected chi connectivity index (χ4v) is 1.32. The molecule has 11 heavy (non-hydrogen) atoms. The Hall–Kier alpha value is 0.250. The van der Waals surface area contributed by atoms with Gasteiger partial charge in [0.2, 0.25) is 0 Å². The van der Waals surface area contributed by atoms with Gasteiger partial charge in [0.05, 0.1) is 6.10 Å². The van der Waals surface area contributed by atoms with Crippen molar-refractivity contribution in [1.82, 2.24) is 0 Å². The van der Waals surface area contributed by atoms with E-state index in [-0.39, 0.29) is 5.38 Å². The van der Waals surface area contributed by atoms with Crippen LogP contribution in [0.5, 0.6) is 0 Å². The van der Waals surface area contributed by atoms with E-state index in [0.29, 0.717) is 6.10 Å². The van der Waals surface area contributed by atoms with Crippen LogP contribution in [0, 0.1) is 0 Å². The van der Waals surface area contributed by atoms with Crippen molar-refractivity contribution in [1.29, 1.82) is 0 Å². The van der Waals surface area contributed by atoms with Crippen molar-refractivity contribution in [2.24, 2.45) is 0 Å². The molecule has 0 radical (unpaired) electrons. The second-order valence-corrected chi connectivity index (χ2v) is 3.76. The molecule has 0 aliphatic rings. The molecule has 0 aliphatic carbocycles. The van der Waals surface area contributed by atoms with E-state index in [0.717, 1.165) is 12.8 Å². The predicted octanol–water partition coefficient (Wildman–Crippen LogP) is 3.21. The third-order valence-corrected chi connectivity index (χ3v) is 1.98. The second kappa shape index (κ2) is 6.93. The average Bonchev–Trinajstić information content (AvgIpc) is 1.97. The highest BCUT2D eigenvalue weighted by atomic mass is 35.5. The lowest BCUT2D eigenvalue weighted by atomic mass is 10.1. The van der Waals surface area contributed by atoms with Crippen LogP contribution in [0.3, 0.4) is 0 Å². The van der Waals surface area contributed by atoms with Crippen molar-refractivity contribution in [3.63, 3.8) is 0 Å². The minimum atomic E-state index is 0.233. The lowest BCUT2D eigenvalue weighted by Crippen LogP contribution is -2.14. The molecule has 2 unspecified atom stereocenters. The van der Waals surface area contributed by atoms with Gasteiger partial charge in [-0.15, -0.1) is 11.6 Å². The van der Waals surface area contributed by atoms with Gasteiger partial charge >= 0.3 is 0 Å². The number of rotatable bonds is 6. The van der Waals surface area contributed by atoms with E-state index in [1.807, 2.05) is 6.92 Å². The molecule has 0 aromatic rings. The Morgan fingerprint density at radius 2 is 2.09 bits per heavy atom. The van der Waals surface area contributed by atoms with Crippen LogP contribution in [0.25, 0.3) is 0 Å². The van der Waals surface area contributed by atoms with Crippen molar-refractivity contribution in [2.75, 3.05) is 7.11 Å². The summed E-state index contributed by atoms with van der Waals surface area (Å²) < 4.78 is 5.28. The molecule has 0 spiro atoms. The van der Waals surface area contributed by atoms with Crippen LogP contribution in [-0.2, 0) is 4.74 Å². The Labute approximate surface area is 75.1 Å². The molecule has 68 valence electrons. The van der Waals surface area contributed by atoms with Gasteiger partial charge < -0.3 is 4.74 Å². The molecule has 0 aromatic heterocycles. The van der Waals surface area contributed by atoms with E-state index in [4.69, 9.17) is 16.3 Å². The highest BCUT2D eigenvalue weighted by Crippen LogP contribution is 2.13. The fraction of sp³-hybridized carbons (Fsp3) is 1.00. The lowest BCUT2D eigenvalue weighted by molar-refractivity contribution is 0.0862. The normalized spacial score (nSPS) is 16.4. The van der Waals surface area contributed by atoms with Crippen LogP contribution >= 0.6 is 11.6 Å². The monoisotopic (exact) mass is 178 g/mol. The molecule has 0 fully saturated rings. The average molecular weight is 179 g/mol. The largest absolute Gasteiger partial charge is 0.381 e. The smallest absolute Gasteiger partial charge is 0.0585 e. The summed E-state index contributed by atoms with van der Waals surface area (Å²) in [5, 5.41) is 0.233. The van der Waals surface area contributed by atoms with E-state index in [9.17, 15) is 0 Å². The van der Waals surface area contributed by atoms with Gasteiger partial charge in [0.15, 0.2) is 0 Å². The van der Waals surface area contributed by atoms with Crippen LogP contribution in [0.4, 0.5) is 0 Å². The van der Waals surface area contributed by atoms with Gasteiger partial charge in [-0.05, 0) is 19.8 Å². The van der Waals surface area contributed by atoms with E-state index in [1.165, 1.54) is 12.8 Å². The topological polar surface area (TPSA) is 9.23 Å². The summed E-state index contributed by atoms with van der Waals surface area (Å²) in [6, 6.07) is 0. The van der Waals surface area contributed by atoms with E-state index in [1.54, 1.807) is 7.11 Å². The molecule has 0 aromatic carbocycles. The summed E-state index contributed by atoms with van der Waals surface area (Å²) in [6.45, 7) is 4.20. The van der Waals surface area contributed by atoms with Gasteiger partial charge in [0.25, 0.3) is 0 Å². The molecule has 2 heteroatoms. The minimum Gasteiger partial charge on any atom is -0.381 e. The zero-order chi connectivity index (χ0) is 8.69. The van der Waals surface area contributed by atoms with Gasteiger partial charge in [-0.1, -0.05) is 19.8 Å². The Balaban J connectivity index is 3.41. The molecule has 0 aliphatic heterocycles. The van der Waals surface area contributed by atoms with Gasteiger partial charge in [-0.3, -0.25) is 0 Å². The Morgan fingerprint density at radius 1 is 1.45 bits per heavy atom. The summed E-state index contributed by atoms with van der Waals surface area (Å²) in [6.07, 6.45) is 4.95. The number of methoxy groups -OCH3 is 1. The highest BCUT2D eigenvalue weighted by Gasteiger charge is 2.09. The quantitative estimate of drug-likeness (QED) is 0.568. The van der Waals surface area contributed by atoms with Crippen molar-refractivity contribution in [2.45, 2.75) is 51.0 Å². The molecular weight excluding hydrogens is 160 g/mol. The van der Waals surface area contributed by atoms with Crippen molar-refractivity contribution in [3.8, 4) is 0 Å². The van der Waals surface area contributed by atoms with E-state index < -0.39 is 0 Å². The standard InChI is InChI=1S/C9H19ClO/c1-4-5-6-9(11-3)7-8(2)10/h8-9H,4-7H2,1-3H3. The molecule has 1 nitrogen and oxygen atoms in total. The molecule has 0 saturated carbocycles. The zero-order valence-electron chi connectivity index (χ0n) is 7.77. The van der Waals surface area contributed by atoms with Crippen LogP contribution < -0.4 is 0 Å². The molecule has 0 N–H and O–H groups in total. The second-order valence-electron chi connectivity index (χ2n) is 3.02. The number of unbranched alkanes of at least 4 members (excludes halogenated alkanes) is 1. The van der Waals surface area contributed by atoms with Gasteiger partial charge in [0, 0.05) is 12.5 Å². The number of hydrogen-bond donors (Lipinski definition) is 0. The Morgan fingerprint density at radius 3 is 2.45 bits per heavy atom. The molecule has 0 bridgehead atoms. The first-order valence-corrected chi connectivity index (χ1v) is 4.81. The first-order chi connectivity index (χ1) is 5.20. The SMILES string of the molecule is CCCCC(CC(C)Cl)OC. The maximum absolute atomic E-state index is 5.85. The number of hydrogen-bond acceptors (Lipinski definition) is 1. The molecule has 0 saturated heterocycles.